The predicted molar refractivity (Wildman–Crippen MR) is 92.6 cm³/mol. The molecule has 0 bridgehead atoms. The molecule has 0 aromatic heterocycles. The first-order valence-corrected chi connectivity index (χ1v) is 8.24. The van der Waals surface area contributed by atoms with Crippen molar-refractivity contribution in [1.82, 2.24) is 0 Å². The lowest BCUT2D eigenvalue weighted by molar-refractivity contribution is -0.275. The highest BCUT2D eigenvalue weighted by molar-refractivity contribution is 9.10. The first-order chi connectivity index (χ1) is 14.1. The Hall–Kier alpha value is -3.47. The molecule has 0 aliphatic rings. The fraction of sp³-hybridized carbons (Fsp3) is 0.118. The molecule has 2 N–H and O–H groups in total. The second kappa shape index (κ2) is 10.0. The molecule has 0 heterocycles. The fourth-order valence-electron chi connectivity index (χ4n) is 1.81. The molecule has 0 amide bonds. The number of alkyl halides is 6. The lowest BCUT2D eigenvalue weighted by atomic mass is 10.1. The van der Waals surface area contributed by atoms with Crippen molar-refractivity contribution in [2.24, 2.45) is 0 Å². The maximum absolute atomic E-state index is 11.9. The molecule has 0 atom stereocenters. The van der Waals surface area contributed by atoms with Crippen LogP contribution in [-0.2, 0) is 0 Å². The van der Waals surface area contributed by atoms with E-state index in [2.05, 4.69) is 25.4 Å². The highest BCUT2D eigenvalue weighted by Gasteiger charge is 2.33. The summed E-state index contributed by atoms with van der Waals surface area (Å²) in [6.07, 6.45) is -9.72. The molecule has 0 saturated heterocycles. The maximum atomic E-state index is 11.9. The van der Waals surface area contributed by atoms with E-state index >= 15 is 0 Å². The summed E-state index contributed by atoms with van der Waals surface area (Å²) >= 11 is 2.78. The number of carboxylic acid groups (broad SMARTS) is 2. The van der Waals surface area contributed by atoms with Crippen molar-refractivity contribution in [3.63, 3.8) is 0 Å². The molecule has 2 aromatic carbocycles. The van der Waals surface area contributed by atoms with E-state index in [1.54, 1.807) is 0 Å². The Kier molecular flexibility index (Phi) is 8.27. The van der Waals surface area contributed by atoms with Crippen LogP contribution in [0.15, 0.2) is 40.9 Å². The van der Waals surface area contributed by atoms with Gasteiger partial charge in [0, 0.05) is 0 Å². The SMILES string of the molecule is N#Cc1cc(C(=O)O)ccc1OC(F)(F)F.O=C(O)c1ccc(OC(F)(F)F)c(Br)c1. The number of ether oxygens (including phenoxy) is 2. The summed E-state index contributed by atoms with van der Waals surface area (Å²) < 4.78 is 78.2. The van der Waals surface area contributed by atoms with Gasteiger partial charge in [-0.2, -0.15) is 5.26 Å². The predicted octanol–water partition coefficient (Wildman–Crippen LogP) is 5.20. The second-order valence-corrected chi connectivity index (χ2v) is 6.03. The second-order valence-electron chi connectivity index (χ2n) is 5.17. The molecule has 2 aromatic rings. The van der Waals surface area contributed by atoms with Crippen LogP contribution in [0.4, 0.5) is 26.3 Å². The van der Waals surface area contributed by atoms with Crippen LogP contribution >= 0.6 is 15.9 Å². The molecule has 0 radical (unpaired) electrons. The number of halogens is 7. The molecular weight excluding hydrogens is 508 g/mol. The van der Waals surface area contributed by atoms with Gasteiger partial charge in [0.2, 0.25) is 0 Å². The number of carbonyl (C=O) groups is 2. The third-order valence-corrected chi connectivity index (χ3v) is 3.60. The van der Waals surface area contributed by atoms with E-state index in [9.17, 15) is 35.9 Å². The van der Waals surface area contributed by atoms with E-state index in [0.717, 1.165) is 36.4 Å². The number of hydrogen-bond acceptors (Lipinski definition) is 5. The average Bonchev–Trinajstić information content (AvgIpc) is 2.61. The summed E-state index contributed by atoms with van der Waals surface area (Å²) in [4.78, 5) is 21.0. The Labute approximate surface area is 177 Å². The molecule has 0 aliphatic carbocycles. The van der Waals surface area contributed by atoms with E-state index in [1.807, 2.05) is 0 Å². The summed E-state index contributed by atoms with van der Waals surface area (Å²) in [7, 11) is 0. The normalized spacial score (nSPS) is 10.9. The number of carboxylic acids is 2. The van der Waals surface area contributed by atoms with Crippen molar-refractivity contribution in [1.29, 1.82) is 5.26 Å². The Balaban J connectivity index is 0.000000311. The highest BCUT2D eigenvalue weighted by atomic mass is 79.9. The van der Waals surface area contributed by atoms with E-state index in [0.29, 0.717) is 0 Å². The maximum Gasteiger partial charge on any atom is 0.573 e. The molecule has 0 saturated carbocycles. The highest BCUT2D eigenvalue weighted by Crippen LogP contribution is 2.31. The molecule has 0 fully saturated rings. The van der Waals surface area contributed by atoms with E-state index in [4.69, 9.17) is 15.5 Å². The van der Waals surface area contributed by atoms with Crippen molar-refractivity contribution >= 4 is 27.9 Å². The van der Waals surface area contributed by atoms with Crippen molar-refractivity contribution < 1.29 is 55.6 Å². The number of nitriles is 1. The van der Waals surface area contributed by atoms with Gasteiger partial charge in [-0.1, -0.05) is 0 Å². The van der Waals surface area contributed by atoms with E-state index in [1.165, 1.54) is 6.07 Å². The van der Waals surface area contributed by atoms with Crippen LogP contribution in [0.25, 0.3) is 0 Å². The van der Waals surface area contributed by atoms with Crippen LogP contribution in [0.3, 0.4) is 0 Å². The van der Waals surface area contributed by atoms with Gasteiger partial charge in [0.1, 0.15) is 17.6 Å². The van der Waals surface area contributed by atoms with Crippen LogP contribution < -0.4 is 9.47 Å². The standard InChI is InChI=1S/C9H4F3NO3.C8H4BrF3O3/c10-9(11,12)16-7-2-1-5(8(14)15)3-6(7)4-13;9-5-3-4(7(13)14)1-2-6(5)15-8(10,11)12/h1-3H,(H,14,15);1-3H,(H,13,14). The van der Waals surface area contributed by atoms with Gasteiger partial charge in [0.15, 0.2) is 0 Å². The van der Waals surface area contributed by atoms with E-state index in [-0.39, 0.29) is 15.6 Å². The monoisotopic (exact) mass is 515 g/mol. The molecule has 0 unspecified atom stereocenters. The molecule has 0 aliphatic heterocycles. The minimum atomic E-state index is -4.92. The van der Waals surface area contributed by atoms with E-state index < -0.39 is 41.7 Å². The number of hydrogen-bond donors (Lipinski definition) is 2. The van der Waals surface area contributed by atoms with Crippen molar-refractivity contribution in [3.8, 4) is 17.6 Å². The molecule has 7 nitrogen and oxygen atoms in total. The van der Waals surface area contributed by atoms with Gasteiger partial charge >= 0.3 is 24.7 Å². The average molecular weight is 516 g/mol. The number of benzene rings is 2. The zero-order valence-electron chi connectivity index (χ0n) is 14.6. The third kappa shape index (κ3) is 8.83. The summed E-state index contributed by atoms with van der Waals surface area (Å²) in [6, 6.07) is 6.93. The first kappa shape index (κ1) is 25.6. The molecule has 166 valence electrons. The van der Waals surface area contributed by atoms with Crippen molar-refractivity contribution in [2.75, 3.05) is 0 Å². The van der Waals surface area contributed by atoms with Crippen LogP contribution in [-0.4, -0.2) is 34.9 Å². The Morgan fingerprint density at radius 2 is 1.26 bits per heavy atom. The Morgan fingerprint density at radius 3 is 1.65 bits per heavy atom. The minimum Gasteiger partial charge on any atom is -0.478 e. The molecular formula is C17H8BrF6NO6. The fourth-order valence-corrected chi connectivity index (χ4v) is 2.27. The lowest BCUT2D eigenvalue weighted by Gasteiger charge is -2.10. The molecule has 31 heavy (non-hydrogen) atoms. The zero-order valence-corrected chi connectivity index (χ0v) is 16.2. The van der Waals surface area contributed by atoms with Crippen molar-refractivity contribution in [3.05, 3.63) is 57.6 Å². The Morgan fingerprint density at radius 1 is 0.839 bits per heavy atom. The van der Waals surface area contributed by atoms with Gasteiger partial charge in [0.05, 0.1) is 21.2 Å². The Bertz CT molecular complexity index is 1020. The minimum absolute atomic E-state index is 0.0697. The summed E-state index contributed by atoms with van der Waals surface area (Å²) in [5.74, 6) is -3.77. The quantitative estimate of drug-likeness (QED) is 0.537. The smallest absolute Gasteiger partial charge is 0.478 e. The van der Waals surface area contributed by atoms with Crippen LogP contribution in [0.2, 0.25) is 0 Å². The topological polar surface area (TPSA) is 117 Å². The van der Waals surface area contributed by atoms with Crippen molar-refractivity contribution in [2.45, 2.75) is 12.7 Å². The first-order valence-electron chi connectivity index (χ1n) is 7.44. The van der Waals surface area contributed by atoms with Gasteiger partial charge in [-0.25, -0.2) is 9.59 Å². The summed E-state index contributed by atoms with van der Waals surface area (Å²) in [6.45, 7) is 0. The number of aromatic carboxylic acids is 2. The van der Waals surface area contributed by atoms with Gasteiger partial charge < -0.3 is 19.7 Å². The van der Waals surface area contributed by atoms with Gasteiger partial charge in [0.25, 0.3) is 0 Å². The molecule has 0 spiro atoms. The lowest BCUT2D eigenvalue weighted by Crippen LogP contribution is -2.18. The number of rotatable bonds is 4. The number of nitrogens with zero attached hydrogens (tertiary/aromatic N) is 1. The van der Waals surface area contributed by atoms with Gasteiger partial charge in [-0.3, -0.25) is 0 Å². The summed E-state index contributed by atoms with van der Waals surface area (Å²) in [5.41, 5.74) is -0.903. The van der Waals surface area contributed by atoms with Crippen LogP contribution in [0, 0.1) is 11.3 Å². The third-order valence-electron chi connectivity index (χ3n) is 2.98. The largest absolute Gasteiger partial charge is 0.573 e. The molecule has 2 rings (SSSR count). The summed E-state index contributed by atoms with van der Waals surface area (Å²) in [5, 5.41) is 25.6. The van der Waals surface area contributed by atoms with Crippen LogP contribution in [0.5, 0.6) is 11.5 Å². The van der Waals surface area contributed by atoms with Gasteiger partial charge in [-0.05, 0) is 52.3 Å². The zero-order chi connectivity index (χ0) is 24.0. The van der Waals surface area contributed by atoms with Crippen LogP contribution in [0.1, 0.15) is 26.3 Å². The molecule has 14 heteroatoms. The van der Waals surface area contributed by atoms with Gasteiger partial charge in [-0.15, -0.1) is 26.3 Å².